The van der Waals surface area contributed by atoms with Gasteiger partial charge in [-0.05, 0) is 71.4 Å². The van der Waals surface area contributed by atoms with Crippen molar-refractivity contribution in [1.82, 2.24) is 15.5 Å². The highest BCUT2D eigenvalue weighted by Crippen LogP contribution is 2.19. The Morgan fingerprint density at radius 3 is 2.10 bits per heavy atom. The summed E-state index contributed by atoms with van der Waals surface area (Å²) in [5.74, 6) is -2.45. The zero-order valence-corrected chi connectivity index (χ0v) is 18.3. The number of likely N-dealkylation sites (tertiary alicyclic amines) is 1. The molecule has 0 aromatic rings. The van der Waals surface area contributed by atoms with E-state index in [-0.39, 0.29) is 12.3 Å². The fraction of sp³-hybridized carbons (Fsp3) is 0.800. The Hall–Kier alpha value is -2.24. The van der Waals surface area contributed by atoms with Crippen LogP contribution in [0.1, 0.15) is 58.3 Å². The number of nitrogens with two attached hydrogens (primary N) is 3. The van der Waals surface area contributed by atoms with E-state index in [1.807, 2.05) is 0 Å². The van der Waals surface area contributed by atoms with Crippen molar-refractivity contribution in [3.05, 3.63) is 0 Å². The second-order valence-corrected chi connectivity index (χ2v) is 8.01. The summed E-state index contributed by atoms with van der Waals surface area (Å²) in [5, 5.41) is 14.7. The van der Waals surface area contributed by atoms with Gasteiger partial charge in [0.05, 0.1) is 6.04 Å². The van der Waals surface area contributed by atoms with E-state index in [2.05, 4.69) is 10.6 Å². The van der Waals surface area contributed by atoms with Crippen LogP contribution in [0.3, 0.4) is 0 Å². The van der Waals surface area contributed by atoms with Crippen LogP contribution in [0.5, 0.6) is 0 Å². The third-order valence-corrected chi connectivity index (χ3v) is 5.37. The summed E-state index contributed by atoms with van der Waals surface area (Å²) in [4.78, 5) is 50.9. The predicted octanol–water partition coefficient (Wildman–Crippen LogP) is -1.36. The van der Waals surface area contributed by atoms with Crippen LogP contribution >= 0.6 is 0 Å². The molecule has 0 saturated carbocycles. The number of aliphatic carboxylic acids is 1. The number of carboxylic acid groups (broad SMARTS) is 1. The molecule has 1 saturated heterocycles. The quantitative estimate of drug-likeness (QED) is 0.177. The van der Waals surface area contributed by atoms with Gasteiger partial charge in [-0.25, -0.2) is 4.79 Å². The van der Waals surface area contributed by atoms with Crippen molar-refractivity contribution in [2.75, 3.05) is 19.6 Å². The lowest BCUT2D eigenvalue weighted by atomic mass is 10.1. The molecule has 0 aromatic heterocycles. The minimum absolute atomic E-state index is 0.251. The van der Waals surface area contributed by atoms with Gasteiger partial charge in [0.1, 0.15) is 18.1 Å². The second-order valence-electron chi connectivity index (χ2n) is 8.01. The van der Waals surface area contributed by atoms with Gasteiger partial charge in [0.15, 0.2) is 0 Å². The molecule has 11 heteroatoms. The minimum Gasteiger partial charge on any atom is -0.480 e. The number of hydrogen-bond donors (Lipinski definition) is 6. The SMILES string of the molecule is CC(N)C(=O)N1CCCC1C(=O)NC(CCCCN)C(=O)NC(CCCCN)C(=O)O. The predicted molar refractivity (Wildman–Crippen MR) is 116 cm³/mol. The Kier molecular flexibility index (Phi) is 12.1. The molecule has 3 amide bonds. The van der Waals surface area contributed by atoms with Gasteiger partial charge >= 0.3 is 5.97 Å². The molecule has 11 nitrogen and oxygen atoms in total. The molecule has 1 aliphatic heterocycles. The molecule has 0 bridgehead atoms. The van der Waals surface area contributed by atoms with Crippen LogP contribution in [-0.4, -0.2) is 77.5 Å². The van der Waals surface area contributed by atoms with Crippen LogP contribution in [0.25, 0.3) is 0 Å². The van der Waals surface area contributed by atoms with E-state index in [1.165, 1.54) is 4.90 Å². The van der Waals surface area contributed by atoms with Crippen LogP contribution in [0.2, 0.25) is 0 Å². The number of amides is 3. The van der Waals surface area contributed by atoms with E-state index < -0.39 is 42.0 Å². The van der Waals surface area contributed by atoms with Gasteiger partial charge in [0, 0.05) is 6.54 Å². The number of carbonyl (C=O) groups is 4. The Morgan fingerprint density at radius 2 is 1.58 bits per heavy atom. The van der Waals surface area contributed by atoms with Crippen molar-refractivity contribution in [3.63, 3.8) is 0 Å². The van der Waals surface area contributed by atoms with Crippen LogP contribution in [0, 0.1) is 0 Å². The number of nitrogens with zero attached hydrogens (tertiary/aromatic N) is 1. The lowest BCUT2D eigenvalue weighted by molar-refractivity contribution is -0.143. The van der Waals surface area contributed by atoms with E-state index in [0.29, 0.717) is 64.6 Å². The molecule has 9 N–H and O–H groups in total. The second kappa shape index (κ2) is 13.9. The van der Waals surface area contributed by atoms with Gasteiger partial charge in [0.2, 0.25) is 17.7 Å². The standard InChI is InChI=1S/C20H38N6O5/c1-13(23)19(29)26-12-6-9-16(26)18(28)24-14(7-2-4-10-21)17(27)25-15(20(30)31)8-3-5-11-22/h13-16H,2-12,21-23H2,1H3,(H,24,28)(H,25,27)(H,30,31). The lowest BCUT2D eigenvalue weighted by Gasteiger charge is -2.28. The molecule has 1 heterocycles. The molecular formula is C20H38N6O5. The molecule has 31 heavy (non-hydrogen) atoms. The Morgan fingerprint density at radius 1 is 1.00 bits per heavy atom. The van der Waals surface area contributed by atoms with E-state index in [9.17, 15) is 24.3 Å². The van der Waals surface area contributed by atoms with Crippen molar-refractivity contribution in [3.8, 4) is 0 Å². The summed E-state index contributed by atoms with van der Waals surface area (Å²) in [6, 6.07) is -3.39. The number of rotatable bonds is 14. The average Bonchev–Trinajstić information content (AvgIpc) is 3.21. The van der Waals surface area contributed by atoms with E-state index >= 15 is 0 Å². The summed E-state index contributed by atoms with van der Waals surface area (Å²) in [6.07, 6.45) is 4.19. The fourth-order valence-corrected chi connectivity index (χ4v) is 3.62. The Labute approximate surface area is 183 Å². The Bertz CT molecular complexity index is 615. The number of hydrogen-bond acceptors (Lipinski definition) is 7. The zero-order chi connectivity index (χ0) is 23.4. The summed E-state index contributed by atoms with van der Waals surface area (Å²) < 4.78 is 0. The molecule has 0 aromatic carbocycles. The molecule has 0 aliphatic carbocycles. The Balaban J connectivity index is 2.84. The molecule has 4 atom stereocenters. The summed E-state index contributed by atoms with van der Waals surface area (Å²) in [7, 11) is 0. The van der Waals surface area contributed by atoms with Gasteiger partial charge in [-0.3, -0.25) is 14.4 Å². The maximum absolute atomic E-state index is 12.9. The highest BCUT2D eigenvalue weighted by molar-refractivity contribution is 5.94. The van der Waals surface area contributed by atoms with Crippen LogP contribution in [-0.2, 0) is 19.2 Å². The van der Waals surface area contributed by atoms with E-state index in [0.717, 1.165) is 0 Å². The van der Waals surface area contributed by atoms with Crippen molar-refractivity contribution in [2.24, 2.45) is 17.2 Å². The van der Waals surface area contributed by atoms with Crippen molar-refractivity contribution < 1.29 is 24.3 Å². The average molecular weight is 443 g/mol. The molecule has 178 valence electrons. The summed E-state index contributed by atoms with van der Waals surface area (Å²) >= 11 is 0. The normalized spacial score (nSPS) is 18.8. The van der Waals surface area contributed by atoms with Crippen molar-refractivity contribution in [2.45, 2.75) is 82.5 Å². The number of nitrogens with one attached hydrogen (secondary N) is 2. The largest absolute Gasteiger partial charge is 0.480 e. The number of unbranched alkanes of at least 4 members (excludes halogenated alkanes) is 2. The highest BCUT2D eigenvalue weighted by Gasteiger charge is 2.37. The van der Waals surface area contributed by atoms with Gasteiger partial charge < -0.3 is 37.8 Å². The number of carboxylic acids is 1. The lowest BCUT2D eigenvalue weighted by Crippen LogP contribution is -2.56. The first-order valence-corrected chi connectivity index (χ1v) is 11.0. The van der Waals surface area contributed by atoms with Crippen LogP contribution in [0.4, 0.5) is 0 Å². The third kappa shape index (κ3) is 8.80. The van der Waals surface area contributed by atoms with E-state index in [1.54, 1.807) is 6.92 Å². The first-order valence-electron chi connectivity index (χ1n) is 11.0. The molecule has 4 unspecified atom stereocenters. The number of carbonyl (C=O) groups excluding carboxylic acids is 3. The van der Waals surface area contributed by atoms with Crippen molar-refractivity contribution >= 4 is 23.7 Å². The first kappa shape index (κ1) is 26.8. The summed E-state index contributed by atoms with van der Waals surface area (Å²) in [5.41, 5.74) is 16.7. The third-order valence-electron chi connectivity index (χ3n) is 5.37. The minimum atomic E-state index is -1.14. The fourth-order valence-electron chi connectivity index (χ4n) is 3.62. The van der Waals surface area contributed by atoms with Gasteiger partial charge in [-0.1, -0.05) is 0 Å². The van der Waals surface area contributed by atoms with Crippen molar-refractivity contribution in [1.29, 1.82) is 0 Å². The zero-order valence-electron chi connectivity index (χ0n) is 18.3. The molecular weight excluding hydrogens is 404 g/mol. The molecule has 1 aliphatic rings. The highest BCUT2D eigenvalue weighted by atomic mass is 16.4. The van der Waals surface area contributed by atoms with E-state index in [4.69, 9.17) is 17.2 Å². The summed E-state index contributed by atoms with van der Waals surface area (Å²) in [6.45, 7) is 2.88. The monoisotopic (exact) mass is 442 g/mol. The maximum Gasteiger partial charge on any atom is 0.326 e. The molecule has 1 fully saturated rings. The smallest absolute Gasteiger partial charge is 0.326 e. The topological polar surface area (TPSA) is 194 Å². The first-order chi connectivity index (χ1) is 14.7. The molecule has 1 rings (SSSR count). The van der Waals surface area contributed by atoms with Gasteiger partial charge in [-0.2, -0.15) is 0 Å². The maximum atomic E-state index is 12.9. The van der Waals surface area contributed by atoms with Crippen LogP contribution in [0.15, 0.2) is 0 Å². The molecule has 0 radical (unpaired) electrons. The van der Waals surface area contributed by atoms with Gasteiger partial charge in [-0.15, -0.1) is 0 Å². The van der Waals surface area contributed by atoms with Crippen LogP contribution < -0.4 is 27.8 Å². The van der Waals surface area contributed by atoms with Gasteiger partial charge in [0.25, 0.3) is 0 Å². The molecule has 0 spiro atoms.